The number of hydrogen-bond acceptors (Lipinski definition) is 5. The predicted molar refractivity (Wildman–Crippen MR) is 389 cm³/mol. The van der Waals surface area contributed by atoms with Crippen molar-refractivity contribution in [3.8, 4) is 0 Å². The number of unbranched alkanes of at least 4 members (excludes halogenated alkanes) is 61. The summed E-state index contributed by atoms with van der Waals surface area (Å²) in [4.78, 5) is 24.6. The predicted octanol–water partition coefficient (Wildman–Crippen LogP) is 26.6. The normalized spacial score (nSPS) is 12.6. The number of allylic oxidation sites excluding steroid dienone is 5. The van der Waals surface area contributed by atoms with E-state index in [9.17, 15) is 19.8 Å². The van der Waals surface area contributed by atoms with Crippen LogP contribution in [0.4, 0.5) is 0 Å². The fourth-order valence-corrected chi connectivity index (χ4v) is 12.8. The number of hydrogen-bond donors (Lipinski definition) is 3. The summed E-state index contributed by atoms with van der Waals surface area (Å²) in [5.41, 5.74) is 0. The molecule has 3 N–H and O–H groups in total. The summed E-state index contributed by atoms with van der Waals surface area (Å²) in [7, 11) is 0. The maximum absolute atomic E-state index is 12.5. The Morgan fingerprint density at radius 1 is 0.318 bits per heavy atom. The average molecular weight is 1240 g/mol. The van der Waals surface area contributed by atoms with Crippen LogP contribution in [-0.4, -0.2) is 47.4 Å². The van der Waals surface area contributed by atoms with E-state index in [1.807, 2.05) is 6.08 Å². The molecule has 2 unspecified atom stereocenters. The SMILES string of the molecule is CCCCC/C=C\C/C=C\CCCCCCCCCCCC(=O)OCCCCCCCCCCCCCCCCCCCCCCCCCCCCCCCCCCCCCCCC(=O)NC(CO)C(O)/C=C/CCCCCCCCCCCCCCC. The maximum atomic E-state index is 12.5. The van der Waals surface area contributed by atoms with Crippen LogP contribution < -0.4 is 5.32 Å². The number of nitrogens with one attached hydrogen (secondary N) is 1. The molecule has 0 aromatic heterocycles. The molecule has 0 saturated heterocycles. The Morgan fingerprint density at radius 3 is 0.886 bits per heavy atom. The molecule has 0 aromatic carbocycles. The average Bonchev–Trinajstić information content (AvgIpc) is 3.59. The fourth-order valence-electron chi connectivity index (χ4n) is 12.8. The minimum absolute atomic E-state index is 0.0201. The van der Waals surface area contributed by atoms with Gasteiger partial charge < -0.3 is 20.3 Å². The van der Waals surface area contributed by atoms with Gasteiger partial charge in [-0.25, -0.2) is 0 Å². The molecule has 0 aliphatic rings. The minimum atomic E-state index is -0.840. The van der Waals surface area contributed by atoms with Crippen molar-refractivity contribution in [3.05, 3.63) is 36.5 Å². The van der Waals surface area contributed by atoms with Gasteiger partial charge in [-0.05, 0) is 64.2 Å². The lowest BCUT2D eigenvalue weighted by Gasteiger charge is -2.20. The van der Waals surface area contributed by atoms with E-state index in [0.717, 1.165) is 44.9 Å². The molecular weight excluding hydrogens is 1080 g/mol. The van der Waals surface area contributed by atoms with Gasteiger partial charge in [-0.2, -0.15) is 0 Å². The van der Waals surface area contributed by atoms with Crippen LogP contribution >= 0.6 is 0 Å². The molecule has 88 heavy (non-hydrogen) atoms. The van der Waals surface area contributed by atoms with Crippen LogP contribution in [0.5, 0.6) is 0 Å². The number of esters is 1. The molecular formula is C82H157NO5. The number of rotatable bonds is 76. The third kappa shape index (κ3) is 73.1. The van der Waals surface area contributed by atoms with Gasteiger partial charge in [0, 0.05) is 12.8 Å². The van der Waals surface area contributed by atoms with E-state index in [2.05, 4.69) is 43.5 Å². The fraction of sp³-hybridized carbons (Fsp3) is 0.902. The van der Waals surface area contributed by atoms with Crippen LogP contribution in [0.1, 0.15) is 450 Å². The summed E-state index contributed by atoms with van der Waals surface area (Å²) in [6, 6.07) is -0.623. The Hall–Kier alpha value is -1.92. The van der Waals surface area contributed by atoms with E-state index < -0.39 is 12.1 Å². The number of amides is 1. The zero-order valence-electron chi connectivity index (χ0n) is 59.7. The number of carbonyl (C=O) groups excluding carboxylic acids is 2. The van der Waals surface area contributed by atoms with Gasteiger partial charge in [-0.15, -0.1) is 0 Å². The summed E-state index contributed by atoms with van der Waals surface area (Å²) < 4.78 is 5.52. The van der Waals surface area contributed by atoms with Gasteiger partial charge in [0.1, 0.15) is 0 Å². The maximum Gasteiger partial charge on any atom is 0.305 e. The first-order valence-corrected chi connectivity index (χ1v) is 40.3. The van der Waals surface area contributed by atoms with Crippen LogP contribution in [0, 0.1) is 0 Å². The Kier molecular flexibility index (Phi) is 75.8. The Balaban J connectivity index is 3.30. The lowest BCUT2D eigenvalue weighted by Crippen LogP contribution is -2.45. The van der Waals surface area contributed by atoms with Gasteiger partial charge in [-0.1, -0.05) is 410 Å². The summed E-state index contributed by atoms with van der Waals surface area (Å²) >= 11 is 0. The van der Waals surface area contributed by atoms with E-state index >= 15 is 0 Å². The molecule has 6 heteroatoms. The van der Waals surface area contributed by atoms with Crippen molar-refractivity contribution >= 4 is 11.9 Å². The largest absolute Gasteiger partial charge is 0.466 e. The molecule has 2 atom stereocenters. The van der Waals surface area contributed by atoms with Crippen molar-refractivity contribution < 1.29 is 24.5 Å². The smallest absolute Gasteiger partial charge is 0.305 e. The highest BCUT2D eigenvalue weighted by Crippen LogP contribution is 2.20. The second kappa shape index (κ2) is 77.5. The van der Waals surface area contributed by atoms with Crippen LogP contribution in [0.25, 0.3) is 0 Å². The van der Waals surface area contributed by atoms with Gasteiger partial charge in [0.25, 0.3) is 0 Å². The van der Waals surface area contributed by atoms with Crippen molar-refractivity contribution in [1.82, 2.24) is 5.32 Å². The third-order valence-corrected chi connectivity index (χ3v) is 18.9. The van der Waals surface area contributed by atoms with Crippen LogP contribution in [-0.2, 0) is 14.3 Å². The highest BCUT2D eigenvalue weighted by Gasteiger charge is 2.18. The first-order valence-electron chi connectivity index (χ1n) is 40.3. The summed E-state index contributed by atoms with van der Waals surface area (Å²) in [6.07, 6.45) is 101. The lowest BCUT2D eigenvalue weighted by molar-refractivity contribution is -0.143. The van der Waals surface area contributed by atoms with Crippen molar-refractivity contribution in [3.63, 3.8) is 0 Å². The quantitative estimate of drug-likeness (QED) is 0.0320. The molecule has 0 rings (SSSR count). The molecule has 0 aromatic rings. The van der Waals surface area contributed by atoms with Crippen molar-refractivity contribution in [1.29, 1.82) is 0 Å². The molecule has 0 aliphatic heterocycles. The molecule has 1 amide bonds. The molecule has 0 fully saturated rings. The Labute approximate surface area is 551 Å². The standard InChI is InChI=1S/C82H157NO5/c1-3-5-7-9-11-13-15-17-19-20-40-44-48-52-56-60-64-68-72-76-82(87)88-77-73-69-65-61-57-53-49-45-42-39-37-35-33-31-29-27-25-23-21-22-24-26-28-30-32-34-36-38-41-43-47-51-55-59-63-67-71-75-81(86)83-79(78-84)80(85)74-70-66-62-58-54-50-46-18-16-14-12-10-8-6-4-2/h11,13,17,19,70,74,79-80,84-85H,3-10,12,14-16,18,20-69,71-73,75-78H2,1-2H3,(H,83,86)/b13-11-,19-17-,74-70+. The summed E-state index contributed by atoms with van der Waals surface area (Å²) in [5.74, 6) is -0.0393. The number of aliphatic hydroxyl groups excluding tert-OH is 2. The second-order valence-electron chi connectivity index (χ2n) is 27.8. The highest BCUT2D eigenvalue weighted by atomic mass is 16.5. The van der Waals surface area contributed by atoms with Crippen molar-refractivity contribution in [2.75, 3.05) is 13.2 Å². The molecule has 0 radical (unpaired) electrons. The number of carbonyl (C=O) groups is 2. The van der Waals surface area contributed by atoms with Gasteiger partial charge in [-0.3, -0.25) is 9.59 Å². The third-order valence-electron chi connectivity index (χ3n) is 18.9. The van der Waals surface area contributed by atoms with Crippen molar-refractivity contribution in [2.45, 2.75) is 463 Å². The molecule has 0 aliphatic carbocycles. The monoisotopic (exact) mass is 1240 g/mol. The van der Waals surface area contributed by atoms with E-state index in [1.165, 1.54) is 379 Å². The van der Waals surface area contributed by atoms with E-state index in [-0.39, 0.29) is 18.5 Å². The first kappa shape index (κ1) is 86.1. The van der Waals surface area contributed by atoms with Gasteiger partial charge in [0.15, 0.2) is 0 Å². The summed E-state index contributed by atoms with van der Waals surface area (Å²) in [5, 5.41) is 23.2. The zero-order chi connectivity index (χ0) is 63.5. The van der Waals surface area contributed by atoms with Crippen molar-refractivity contribution in [2.24, 2.45) is 0 Å². The molecule has 0 bridgehead atoms. The highest BCUT2D eigenvalue weighted by molar-refractivity contribution is 5.76. The first-order chi connectivity index (χ1) is 43.5. The Bertz CT molecular complexity index is 1430. The molecule has 0 heterocycles. The van der Waals surface area contributed by atoms with E-state index in [4.69, 9.17) is 4.74 Å². The van der Waals surface area contributed by atoms with Crippen LogP contribution in [0.2, 0.25) is 0 Å². The molecule has 6 nitrogen and oxygen atoms in total. The van der Waals surface area contributed by atoms with E-state index in [1.54, 1.807) is 6.08 Å². The van der Waals surface area contributed by atoms with Crippen LogP contribution in [0.3, 0.4) is 0 Å². The van der Waals surface area contributed by atoms with E-state index in [0.29, 0.717) is 19.4 Å². The lowest BCUT2D eigenvalue weighted by atomic mass is 10.0. The molecule has 0 spiro atoms. The minimum Gasteiger partial charge on any atom is -0.466 e. The molecule has 520 valence electrons. The second-order valence-corrected chi connectivity index (χ2v) is 27.8. The van der Waals surface area contributed by atoms with Gasteiger partial charge in [0.2, 0.25) is 5.91 Å². The Morgan fingerprint density at radius 2 is 0.568 bits per heavy atom. The van der Waals surface area contributed by atoms with Crippen LogP contribution in [0.15, 0.2) is 36.5 Å². The number of ether oxygens (including phenoxy) is 1. The summed E-state index contributed by atoms with van der Waals surface area (Å²) in [6.45, 7) is 4.92. The molecule has 0 saturated carbocycles. The van der Waals surface area contributed by atoms with Gasteiger partial charge in [0.05, 0.1) is 25.4 Å². The number of aliphatic hydroxyl groups is 2. The van der Waals surface area contributed by atoms with Gasteiger partial charge >= 0.3 is 5.97 Å². The topological polar surface area (TPSA) is 95.9 Å². The zero-order valence-corrected chi connectivity index (χ0v) is 59.7.